The van der Waals surface area contributed by atoms with Crippen molar-refractivity contribution >= 4 is 22.3 Å². The maximum atomic E-state index is 12.4. The third-order valence-corrected chi connectivity index (χ3v) is 5.50. The van der Waals surface area contributed by atoms with Crippen molar-refractivity contribution in [3.63, 3.8) is 0 Å². The van der Waals surface area contributed by atoms with Crippen LogP contribution in [0.15, 0.2) is 24.3 Å². The molecule has 0 heterocycles. The largest absolute Gasteiger partial charge is 0.294 e. The van der Waals surface area contributed by atoms with E-state index in [9.17, 15) is 9.59 Å². The molecule has 0 saturated heterocycles. The first-order valence-electron chi connectivity index (χ1n) is 8.24. The van der Waals surface area contributed by atoms with Crippen molar-refractivity contribution in [1.82, 2.24) is 0 Å². The van der Waals surface area contributed by atoms with Crippen LogP contribution in [0.1, 0.15) is 58.5 Å². The van der Waals surface area contributed by atoms with Crippen molar-refractivity contribution in [2.45, 2.75) is 39.5 Å². The highest BCUT2D eigenvalue weighted by molar-refractivity contribution is 6.09. The Hall–Kier alpha value is -1.96. The lowest BCUT2D eigenvalue weighted by atomic mass is 9.77. The number of carbonyl (C=O) groups is 2. The lowest BCUT2D eigenvalue weighted by molar-refractivity contribution is 0.0906. The fourth-order valence-corrected chi connectivity index (χ4v) is 4.05. The third-order valence-electron chi connectivity index (χ3n) is 5.50. The fourth-order valence-electron chi connectivity index (χ4n) is 4.05. The molecule has 112 valence electrons. The van der Waals surface area contributed by atoms with Gasteiger partial charge in [-0.2, -0.15) is 0 Å². The highest BCUT2D eigenvalue weighted by Crippen LogP contribution is 2.36. The summed E-state index contributed by atoms with van der Waals surface area (Å²) in [7, 11) is 0. The van der Waals surface area contributed by atoms with Gasteiger partial charge in [-0.05, 0) is 47.6 Å². The van der Waals surface area contributed by atoms with Crippen LogP contribution in [0.25, 0.3) is 10.8 Å². The lowest BCUT2D eigenvalue weighted by Gasteiger charge is -2.25. The van der Waals surface area contributed by atoms with Gasteiger partial charge in [-0.3, -0.25) is 9.59 Å². The van der Waals surface area contributed by atoms with Gasteiger partial charge in [0.15, 0.2) is 11.6 Å². The summed E-state index contributed by atoms with van der Waals surface area (Å²) in [5.41, 5.74) is 4.16. The van der Waals surface area contributed by atoms with Crippen LogP contribution in [0.5, 0.6) is 0 Å². The molecule has 0 spiro atoms. The van der Waals surface area contributed by atoms with Crippen molar-refractivity contribution in [2.75, 3.05) is 0 Å². The summed E-state index contributed by atoms with van der Waals surface area (Å²) in [6.45, 7) is 4.03. The summed E-state index contributed by atoms with van der Waals surface area (Å²) in [6, 6.07) is 8.09. The molecule has 0 bridgehead atoms. The summed E-state index contributed by atoms with van der Waals surface area (Å²) >= 11 is 0. The first-order chi connectivity index (χ1) is 10.6. The number of hydrogen-bond donors (Lipinski definition) is 0. The van der Waals surface area contributed by atoms with Gasteiger partial charge in [-0.15, -0.1) is 0 Å². The van der Waals surface area contributed by atoms with Crippen molar-refractivity contribution < 1.29 is 9.59 Å². The number of benzene rings is 2. The van der Waals surface area contributed by atoms with E-state index in [1.54, 1.807) is 0 Å². The quantitative estimate of drug-likeness (QED) is 0.722. The number of hydrogen-bond acceptors (Lipinski definition) is 2. The highest BCUT2D eigenvalue weighted by Gasteiger charge is 2.28. The van der Waals surface area contributed by atoms with Crippen LogP contribution >= 0.6 is 0 Å². The van der Waals surface area contributed by atoms with Gasteiger partial charge in [0.25, 0.3) is 0 Å². The normalized spacial score (nSPS) is 24.3. The van der Waals surface area contributed by atoms with Crippen LogP contribution in [0, 0.1) is 11.8 Å². The number of aryl methyl sites for hydroxylation is 2. The molecule has 0 saturated carbocycles. The monoisotopic (exact) mass is 292 g/mol. The van der Waals surface area contributed by atoms with Crippen molar-refractivity contribution in [3.8, 4) is 0 Å². The van der Waals surface area contributed by atoms with E-state index >= 15 is 0 Å². The molecule has 0 fully saturated rings. The van der Waals surface area contributed by atoms with E-state index in [0.29, 0.717) is 0 Å². The van der Waals surface area contributed by atoms with Gasteiger partial charge < -0.3 is 0 Å². The van der Waals surface area contributed by atoms with E-state index in [2.05, 4.69) is 12.1 Å². The molecule has 2 atom stereocenters. The average molecular weight is 292 g/mol. The molecule has 0 N–H and O–H groups in total. The Morgan fingerprint density at radius 1 is 0.727 bits per heavy atom. The molecular weight excluding hydrogens is 272 g/mol. The van der Waals surface area contributed by atoms with Gasteiger partial charge >= 0.3 is 0 Å². The molecule has 2 aromatic carbocycles. The van der Waals surface area contributed by atoms with Crippen LogP contribution < -0.4 is 0 Å². The number of Topliss-reactive ketones (excluding diaryl/α,β-unsaturated/α-hetero) is 2. The van der Waals surface area contributed by atoms with Gasteiger partial charge in [0.1, 0.15) is 0 Å². The van der Waals surface area contributed by atoms with Crippen molar-refractivity contribution in [3.05, 3.63) is 46.5 Å². The molecule has 2 aromatic rings. The second-order valence-electron chi connectivity index (χ2n) is 6.89. The second kappa shape index (κ2) is 4.77. The molecular formula is C20H20O2. The minimum atomic E-state index is 0.130. The van der Waals surface area contributed by atoms with Gasteiger partial charge in [0.05, 0.1) is 0 Å². The lowest BCUT2D eigenvalue weighted by Crippen LogP contribution is -2.22. The van der Waals surface area contributed by atoms with Gasteiger partial charge in [-0.25, -0.2) is 0 Å². The SMILES string of the molecule is CC1CCc2c(ccc3c4c(ccc23)C(=O)C(C)CC4)C1=O. The van der Waals surface area contributed by atoms with E-state index in [1.165, 1.54) is 21.9 Å². The topological polar surface area (TPSA) is 34.1 Å². The Morgan fingerprint density at radius 3 is 1.55 bits per heavy atom. The molecule has 4 rings (SSSR count). The third kappa shape index (κ3) is 1.79. The summed E-state index contributed by atoms with van der Waals surface area (Å²) in [5, 5.41) is 2.36. The molecule has 0 aliphatic heterocycles. The molecule has 0 radical (unpaired) electrons. The molecule has 0 aromatic heterocycles. The maximum absolute atomic E-state index is 12.4. The first kappa shape index (κ1) is 13.7. The summed E-state index contributed by atoms with van der Waals surface area (Å²) < 4.78 is 0. The van der Waals surface area contributed by atoms with Gasteiger partial charge in [0, 0.05) is 23.0 Å². The second-order valence-corrected chi connectivity index (χ2v) is 6.89. The Balaban J connectivity index is 1.98. The zero-order chi connectivity index (χ0) is 15.4. The predicted molar refractivity (Wildman–Crippen MR) is 87.6 cm³/mol. The zero-order valence-electron chi connectivity index (χ0n) is 13.1. The number of rotatable bonds is 0. The summed E-state index contributed by atoms with van der Waals surface area (Å²) in [5.74, 6) is 0.797. The molecule has 2 aliphatic rings. The molecule has 2 aliphatic carbocycles. The van der Waals surface area contributed by atoms with Crippen LogP contribution in [0.4, 0.5) is 0 Å². The Labute approximate surface area is 130 Å². The van der Waals surface area contributed by atoms with Gasteiger partial charge in [0.2, 0.25) is 0 Å². The molecule has 2 nitrogen and oxygen atoms in total. The molecule has 2 unspecified atom stereocenters. The standard InChI is InChI=1S/C20H20O2/c1-11-3-5-15-13-8-10-18-16(6-4-12(2)20(18)22)14(13)7-9-17(15)19(11)21/h7-12H,3-6H2,1-2H3. The first-order valence-corrected chi connectivity index (χ1v) is 8.24. The summed E-state index contributed by atoms with van der Waals surface area (Å²) in [6.07, 6.45) is 3.78. The van der Waals surface area contributed by atoms with E-state index in [1.807, 2.05) is 26.0 Å². The van der Waals surface area contributed by atoms with Gasteiger partial charge in [-0.1, -0.05) is 38.1 Å². The van der Waals surface area contributed by atoms with E-state index in [-0.39, 0.29) is 23.4 Å². The Morgan fingerprint density at radius 2 is 1.14 bits per heavy atom. The van der Waals surface area contributed by atoms with Crippen LogP contribution in [-0.2, 0) is 12.8 Å². The Kier molecular flexibility index (Phi) is 2.97. The zero-order valence-corrected chi connectivity index (χ0v) is 13.1. The van der Waals surface area contributed by atoms with E-state index in [4.69, 9.17) is 0 Å². The van der Waals surface area contributed by atoms with Crippen LogP contribution in [0.2, 0.25) is 0 Å². The Bertz CT molecular complexity index is 747. The smallest absolute Gasteiger partial charge is 0.165 e. The minimum absolute atomic E-state index is 0.130. The van der Waals surface area contributed by atoms with Crippen LogP contribution in [-0.4, -0.2) is 11.6 Å². The maximum Gasteiger partial charge on any atom is 0.165 e. The number of fused-ring (bicyclic) bond motifs is 5. The average Bonchev–Trinajstić information content (AvgIpc) is 2.53. The molecule has 2 heteroatoms. The number of ketones is 2. The summed E-state index contributed by atoms with van der Waals surface area (Å²) in [4.78, 5) is 24.8. The predicted octanol–water partition coefficient (Wildman–Crippen LogP) is 4.37. The fraction of sp³-hybridized carbons (Fsp3) is 0.400. The van der Waals surface area contributed by atoms with Crippen molar-refractivity contribution in [2.24, 2.45) is 11.8 Å². The molecule has 0 amide bonds. The minimum Gasteiger partial charge on any atom is -0.294 e. The van der Waals surface area contributed by atoms with E-state index < -0.39 is 0 Å². The molecule has 22 heavy (non-hydrogen) atoms. The number of carbonyl (C=O) groups excluding carboxylic acids is 2. The highest BCUT2D eigenvalue weighted by atomic mass is 16.1. The van der Waals surface area contributed by atoms with E-state index in [0.717, 1.165) is 36.8 Å². The van der Waals surface area contributed by atoms with Crippen LogP contribution in [0.3, 0.4) is 0 Å². The van der Waals surface area contributed by atoms with Crippen molar-refractivity contribution in [1.29, 1.82) is 0 Å².